The maximum atomic E-state index is 13.2. The molecule has 15 nitrogen and oxygen atoms in total. The fraction of sp³-hybridized carbons (Fsp3) is 0.409. The summed E-state index contributed by atoms with van der Waals surface area (Å²) in [6.45, 7) is 8.74. The minimum Gasteiger partial charge on any atom is -0.494 e. The van der Waals surface area contributed by atoms with E-state index in [2.05, 4.69) is 41.8 Å². The molecule has 8 rings (SSSR count). The molecule has 1 aromatic heterocycles. The molecule has 0 spiro atoms. The second-order valence-corrected chi connectivity index (χ2v) is 21.1. The van der Waals surface area contributed by atoms with Crippen LogP contribution in [-0.4, -0.2) is 126 Å². The summed E-state index contributed by atoms with van der Waals surface area (Å²) in [6.07, 6.45) is 4.55. The van der Waals surface area contributed by atoms with E-state index in [0.717, 1.165) is 55.2 Å². The van der Waals surface area contributed by atoms with E-state index in [1.54, 1.807) is 43.2 Å². The van der Waals surface area contributed by atoms with Gasteiger partial charge in [0.15, 0.2) is 5.82 Å². The van der Waals surface area contributed by atoms with Gasteiger partial charge in [-0.05, 0) is 80.6 Å². The number of halogens is 1. The Balaban J connectivity index is 0.782. The first-order valence-electron chi connectivity index (χ1n) is 20.9. The first-order valence-corrected chi connectivity index (χ1v) is 24.9. The summed E-state index contributed by atoms with van der Waals surface area (Å²) in [4.78, 5) is 68.7. The Morgan fingerprint density at radius 3 is 2.47 bits per heavy atom. The molecule has 3 fully saturated rings. The summed E-state index contributed by atoms with van der Waals surface area (Å²) in [5.74, 6) is 1.26. The Morgan fingerprint density at radius 2 is 1.73 bits per heavy atom. The maximum Gasteiger partial charge on any atom is 0.255 e. The van der Waals surface area contributed by atoms with Crippen LogP contribution in [0.15, 0.2) is 71.8 Å². The van der Waals surface area contributed by atoms with Crippen molar-refractivity contribution in [3.05, 3.63) is 83.0 Å². The lowest BCUT2D eigenvalue weighted by Gasteiger charge is -2.43. The fourth-order valence-corrected chi connectivity index (χ4v) is 10.9. The molecule has 62 heavy (non-hydrogen) atoms. The minimum absolute atomic E-state index is 0.158. The quantitative estimate of drug-likeness (QED) is 0.0821. The molecule has 18 heteroatoms. The molecule has 4 aliphatic heterocycles. The first kappa shape index (κ1) is 43.5. The zero-order valence-electron chi connectivity index (χ0n) is 35.1. The van der Waals surface area contributed by atoms with Crippen molar-refractivity contribution in [2.45, 2.75) is 55.6 Å². The summed E-state index contributed by atoms with van der Waals surface area (Å²) in [5, 5.41) is 9.90. The average molecular weight is 900 g/mol. The molecule has 5 heterocycles. The molecule has 4 aromatic rings. The zero-order valence-corrected chi connectivity index (χ0v) is 37.5. The molecule has 3 N–H and O–H groups in total. The van der Waals surface area contributed by atoms with E-state index in [4.69, 9.17) is 16.3 Å². The lowest BCUT2D eigenvalue weighted by atomic mass is 10.0. The van der Waals surface area contributed by atoms with Gasteiger partial charge in [0, 0.05) is 98.0 Å². The van der Waals surface area contributed by atoms with Gasteiger partial charge in [-0.2, -0.15) is 4.98 Å². The summed E-state index contributed by atoms with van der Waals surface area (Å²) in [7, 11) is -0.918. The predicted molar refractivity (Wildman–Crippen MR) is 243 cm³/mol. The van der Waals surface area contributed by atoms with Crippen molar-refractivity contribution in [1.29, 1.82) is 0 Å². The molecule has 0 radical (unpaired) electrons. The highest BCUT2D eigenvalue weighted by molar-refractivity contribution is 7.99. The molecule has 4 amide bonds. The number of anilines is 5. The van der Waals surface area contributed by atoms with Gasteiger partial charge in [0.1, 0.15) is 24.0 Å². The third-order valence-corrected chi connectivity index (χ3v) is 14.8. The van der Waals surface area contributed by atoms with Crippen LogP contribution in [0.4, 0.5) is 28.8 Å². The van der Waals surface area contributed by atoms with Crippen molar-refractivity contribution in [3.8, 4) is 5.75 Å². The SMILES string of the molecule is COc1cc(N2CCC(N3CCN(C(=O)CCSc4ccc5c(c4)CN(C4CCC(=O)NC4=O)C5=O)CC3)CC2)ccc1Nc1ncc(Cl)c(Nc2ccccc2P(C)(C)=O)n1. The number of piperazine rings is 1. The number of carbonyl (C=O) groups excluding carboxylic acids is 4. The van der Waals surface area contributed by atoms with E-state index in [-0.39, 0.29) is 24.1 Å². The van der Waals surface area contributed by atoms with Crippen molar-refractivity contribution in [1.82, 2.24) is 30.0 Å². The molecule has 326 valence electrons. The van der Waals surface area contributed by atoms with E-state index in [1.165, 1.54) is 6.20 Å². The van der Waals surface area contributed by atoms with Crippen LogP contribution in [0.25, 0.3) is 0 Å². The lowest BCUT2D eigenvalue weighted by molar-refractivity contribution is -0.137. The highest BCUT2D eigenvalue weighted by atomic mass is 35.5. The summed E-state index contributed by atoms with van der Waals surface area (Å²) in [6, 6.07) is 19.0. The molecule has 0 saturated carbocycles. The Morgan fingerprint density at radius 1 is 0.952 bits per heavy atom. The number of thioether (sulfide) groups is 1. The maximum absolute atomic E-state index is 13.2. The number of imide groups is 1. The summed E-state index contributed by atoms with van der Waals surface area (Å²) < 4.78 is 18.7. The molecule has 1 unspecified atom stereocenters. The molecule has 0 aliphatic carbocycles. The molecule has 4 aliphatic rings. The Labute approximate surface area is 370 Å². The number of hydrogen-bond donors (Lipinski definition) is 3. The number of ether oxygens (including phenoxy) is 1. The topological polar surface area (TPSA) is 169 Å². The monoisotopic (exact) mass is 899 g/mol. The van der Waals surface area contributed by atoms with Gasteiger partial charge in [-0.3, -0.25) is 29.4 Å². The number of aromatic nitrogens is 2. The van der Waals surface area contributed by atoms with E-state index < -0.39 is 19.1 Å². The summed E-state index contributed by atoms with van der Waals surface area (Å²) in [5.41, 5.74) is 3.91. The molecule has 3 saturated heterocycles. The second-order valence-electron chi connectivity index (χ2n) is 16.3. The van der Waals surface area contributed by atoms with Gasteiger partial charge in [-0.1, -0.05) is 23.7 Å². The third-order valence-electron chi connectivity index (χ3n) is 12.0. The number of piperidine rings is 2. The zero-order chi connectivity index (χ0) is 43.5. The van der Waals surface area contributed by atoms with Gasteiger partial charge in [0.05, 0.1) is 24.7 Å². The number of hydrogen-bond acceptors (Lipinski definition) is 13. The number of nitrogens with zero attached hydrogens (tertiary/aromatic N) is 6. The van der Waals surface area contributed by atoms with Crippen LogP contribution in [0.5, 0.6) is 5.75 Å². The third kappa shape index (κ3) is 9.73. The smallest absolute Gasteiger partial charge is 0.255 e. The van der Waals surface area contributed by atoms with Crippen LogP contribution in [0.2, 0.25) is 5.02 Å². The lowest BCUT2D eigenvalue weighted by Crippen LogP contribution is -2.54. The van der Waals surface area contributed by atoms with Crippen LogP contribution < -0.4 is 30.9 Å². The number of amides is 4. The van der Waals surface area contributed by atoms with Crippen LogP contribution in [0.1, 0.15) is 48.0 Å². The predicted octanol–water partition coefficient (Wildman–Crippen LogP) is 5.93. The number of methoxy groups -OCH3 is 1. The molecular weight excluding hydrogens is 849 g/mol. The largest absolute Gasteiger partial charge is 0.494 e. The van der Waals surface area contributed by atoms with Crippen molar-refractivity contribution in [3.63, 3.8) is 0 Å². The number of fused-ring (bicyclic) bond motifs is 1. The van der Waals surface area contributed by atoms with Gasteiger partial charge < -0.3 is 34.6 Å². The number of rotatable bonds is 13. The molecule has 3 aromatic carbocycles. The standard InChI is InChI=1S/C44H51ClN9O6PS/c1-60-37-25-30(8-11-34(37)48-44-46-26-33(45)41(50-44)47-35-6-4-5-7-38(35)61(2,3)59)51-17-14-29(15-18-51)52-19-21-53(22-20-52)40(56)16-23-62-31-9-10-32-28(24-31)27-54(43(32)58)36-12-13-39(55)49-42(36)57/h4-11,24-26,29,36H,12-23,27H2,1-3H3,(H,49,55,57)(H2,46,47,48,50). The number of nitrogens with one attached hydrogen (secondary N) is 3. The van der Waals surface area contributed by atoms with Gasteiger partial charge in [0.2, 0.25) is 23.7 Å². The molecular formula is C44H51ClN9O6PS. The van der Waals surface area contributed by atoms with Gasteiger partial charge >= 0.3 is 0 Å². The van der Waals surface area contributed by atoms with Crippen molar-refractivity contribution >= 4 is 88.3 Å². The first-order chi connectivity index (χ1) is 29.8. The highest BCUT2D eigenvalue weighted by Crippen LogP contribution is 2.39. The van der Waals surface area contributed by atoms with Crippen LogP contribution in [-0.2, 0) is 25.5 Å². The van der Waals surface area contributed by atoms with Crippen molar-refractivity contribution in [2.24, 2.45) is 0 Å². The number of benzene rings is 3. The number of para-hydroxylation sites is 1. The molecule has 1 atom stereocenters. The Kier molecular flexibility index (Phi) is 13.1. The fourth-order valence-electron chi connectivity index (χ4n) is 8.67. The van der Waals surface area contributed by atoms with E-state index in [1.807, 2.05) is 53.4 Å². The highest BCUT2D eigenvalue weighted by Gasteiger charge is 2.39. The van der Waals surface area contributed by atoms with Gasteiger partial charge in [-0.25, -0.2) is 4.98 Å². The normalized spacial score (nSPS) is 18.7. The Bertz CT molecular complexity index is 2420. The van der Waals surface area contributed by atoms with Crippen molar-refractivity contribution < 1.29 is 28.5 Å². The summed E-state index contributed by atoms with van der Waals surface area (Å²) >= 11 is 8.08. The second kappa shape index (κ2) is 18.7. The number of carbonyl (C=O) groups is 4. The van der Waals surface area contributed by atoms with Gasteiger partial charge in [-0.15, -0.1) is 11.8 Å². The van der Waals surface area contributed by atoms with E-state index in [0.29, 0.717) is 89.1 Å². The average Bonchev–Trinajstić information content (AvgIpc) is 3.59. The van der Waals surface area contributed by atoms with E-state index >= 15 is 0 Å². The van der Waals surface area contributed by atoms with Crippen molar-refractivity contribution in [2.75, 3.05) is 81.0 Å². The Hall–Kier alpha value is -5.15. The van der Waals surface area contributed by atoms with Crippen LogP contribution in [0.3, 0.4) is 0 Å². The minimum atomic E-state index is -2.56. The van der Waals surface area contributed by atoms with Gasteiger partial charge in [0.25, 0.3) is 5.91 Å². The van der Waals surface area contributed by atoms with Crippen LogP contribution >= 0.6 is 30.5 Å². The molecule has 0 bridgehead atoms. The van der Waals surface area contributed by atoms with Crippen LogP contribution in [0, 0.1) is 0 Å². The van der Waals surface area contributed by atoms with E-state index in [9.17, 15) is 23.7 Å².